The highest BCUT2D eigenvalue weighted by Crippen LogP contribution is 2.03. The summed E-state index contributed by atoms with van der Waals surface area (Å²) in [6, 6.07) is 9.67. The topological polar surface area (TPSA) is 84.7 Å². The Morgan fingerprint density at radius 3 is 2.56 bits per heavy atom. The Hall–Kier alpha value is -2.43. The van der Waals surface area contributed by atoms with Gasteiger partial charge in [-0.05, 0) is 11.6 Å². The molecule has 0 bridgehead atoms. The third-order valence-corrected chi connectivity index (χ3v) is 1.92. The first kappa shape index (κ1) is 10.1. The Bertz CT molecular complexity index is 560. The van der Waals surface area contributed by atoms with Gasteiger partial charge in [-0.15, -0.1) is 0 Å². The fourth-order valence-corrected chi connectivity index (χ4v) is 1.24. The summed E-state index contributed by atoms with van der Waals surface area (Å²) in [5, 5.41) is 0. The lowest BCUT2D eigenvalue weighted by molar-refractivity contribution is 0.984. The molecular weight excluding hydrogens is 204 g/mol. The summed E-state index contributed by atoms with van der Waals surface area (Å²) < 4.78 is 0. The number of rotatable bonds is 2. The van der Waals surface area contributed by atoms with Crippen LogP contribution in [-0.4, -0.2) is 15.0 Å². The Morgan fingerprint density at radius 2 is 1.88 bits per heavy atom. The highest BCUT2D eigenvalue weighted by Gasteiger charge is 1.94. The Balaban J connectivity index is 2.27. The van der Waals surface area contributed by atoms with E-state index in [1.807, 2.05) is 36.4 Å². The van der Waals surface area contributed by atoms with Crippen molar-refractivity contribution >= 4 is 18.1 Å². The molecule has 0 aliphatic rings. The minimum atomic E-state index is -0.500. The van der Waals surface area contributed by atoms with Crippen LogP contribution in [-0.2, 0) is 0 Å². The summed E-state index contributed by atoms with van der Waals surface area (Å²) in [5.74, 6) is 0.359. The molecule has 2 aromatic rings. The number of H-pyrrole nitrogens is 1. The molecule has 1 aromatic carbocycles. The summed E-state index contributed by atoms with van der Waals surface area (Å²) in [4.78, 5) is 20.8. The fourth-order valence-electron chi connectivity index (χ4n) is 1.24. The molecule has 0 saturated heterocycles. The van der Waals surface area contributed by atoms with Gasteiger partial charge in [0, 0.05) is 0 Å². The van der Waals surface area contributed by atoms with Crippen LogP contribution in [0.5, 0.6) is 0 Å². The van der Waals surface area contributed by atoms with Crippen LogP contribution in [0.1, 0.15) is 11.4 Å². The van der Waals surface area contributed by atoms with Crippen LogP contribution in [0.2, 0.25) is 0 Å². The largest absolute Gasteiger partial charge is 0.368 e. The van der Waals surface area contributed by atoms with Crippen molar-refractivity contribution in [3.05, 3.63) is 52.2 Å². The molecule has 1 aromatic heterocycles. The van der Waals surface area contributed by atoms with E-state index < -0.39 is 5.69 Å². The number of nitrogen functional groups attached to an aromatic ring is 1. The number of benzene rings is 1. The van der Waals surface area contributed by atoms with E-state index in [1.165, 1.54) is 0 Å². The number of aromatic nitrogens is 3. The second-order valence-electron chi connectivity index (χ2n) is 3.14. The van der Waals surface area contributed by atoms with Crippen molar-refractivity contribution in [2.75, 3.05) is 5.73 Å². The Labute approximate surface area is 91.7 Å². The minimum Gasteiger partial charge on any atom is -0.368 e. The molecule has 80 valence electrons. The van der Waals surface area contributed by atoms with Gasteiger partial charge in [0.15, 0.2) is 0 Å². The van der Waals surface area contributed by atoms with Crippen LogP contribution >= 0.6 is 0 Å². The summed E-state index contributed by atoms with van der Waals surface area (Å²) >= 11 is 0. The van der Waals surface area contributed by atoms with Crippen LogP contribution < -0.4 is 11.4 Å². The molecule has 0 saturated carbocycles. The number of hydrogen-bond acceptors (Lipinski definition) is 4. The van der Waals surface area contributed by atoms with Gasteiger partial charge >= 0.3 is 5.69 Å². The molecule has 0 spiro atoms. The molecule has 0 aliphatic heterocycles. The summed E-state index contributed by atoms with van der Waals surface area (Å²) in [6.07, 6.45) is 3.51. The second-order valence-corrected chi connectivity index (χ2v) is 3.14. The summed E-state index contributed by atoms with van der Waals surface area (Å²) in [5.41, 5.74) is 5.87. The second kappa shape index (κ2) is 4.39. The van der Waals surface area contributed by atoms with Crippen LogP contribution in [0.3, 0.4) is 0 Å². The molecule has 0 radical (unpaired) electrons. The molecule has 0 atom stereocenters. The monoisotopic (exact) mass is 214 g/mol. The number of nitrogens with one attached hydrogen (secondary N) is 1. The van der Waals surface area contributed by atoms with Crippen molar-refractivity contribution in [3.63, 3.8) is 0 Å². The zero-order valence-corrected chi connectivity index (χ0v) is 8.42. The third kappa shape index (κ3) is 2.54. The van der Waals surface area contributed by atoms with Gasteiger partial charge in [0.1, 0.15) is 5.82 Å². The zero-order valence-electron chi connectivity index (χ0n) is 8.42. The molecule has 5 nitrogen and oxygen atoms in total. The van der Waals surface area contributed by atoms with E-state index in [1.54, 1.807) is 6.08 Å². The Morgan fingerprint density at radius 1 is 1.12 bits per heavy atom. The molecule has 5 heteroatoms. The van der Waals surface area contributed by atoms with Crippen LogP contribution in [0.15, 0.2) is 35.1 Å². The van der Waals surface area contributed by atoms with Gasteiger partial charge in [-0.3, -0.25) is 4.98 Å². The molecule has 1 heterocycles. The molecule has 16 heavy (non-hydrogen) atoms. The van der Waals surface area contributed by atoms with Gasteiger partial charge < -0.3 is 5.73 Å². The maximum absolute atomic E-state index is 11.0. The van der Waals surface area contributed by atoms with Crippen molar-refractivity contribution in [3.8, 4) is 0 Å². The number of anilines is 1. The normalized spacial score (nSPS) is 10.8. The van der Waals surface area contributed by atoms with E-state index >= 15 is 0 Å². The SMILES string of the molecule is Nc1nc(C=Cc2ccccc2)[nH]c(=O)n1. The first-order valence-electron chi connectivity index (χ1n) is 4.71. The van der Waals surface area contributed by atoms with Crippen molar-refractivity contribution < 1.29 is 0 Å². The maximum Gasteiger partial charge on any atom is 0.349 e. The third-order valence-electron chi connectivity index (χ3n) is 1.92. The van der Waals surface area contributed by atoms with Crippen molar-refractivity contribution in [2.24, 2.45) is 0 Å². The predicted molar refractivity (Wildman–Crippen MR) is 62.4 cm³/mol. The fraction of sp³-hybridized carbons (Fsp3) is 0. The first-order chi connectivity index (χ1) is 7.74. The van der Waals surface area contributed by atoms with E-state index in [0.29, 0.717) is 5.82 Å². The molecule has 0 aliphatic carbocycles. The predicted octanol–water partition coefficient (Wildman–Crippen LogP) is 0.917. The average molecular weight is 214 g/mol. The lowest BCUT2D eigenvalue weighted by Crippen LogP contribution is -2.15. The van der Waals surface area contributed by atoms with E-state index in [2.05, 4.69) is 15.0 Å². The summed E-state index contributed by atoms with van der Waals surface area (Å²) in [6.45, 7) is 0. The van der Waals surface area contributed by atoms with E-state index in [9.17, 15) is 4.79 Å². The van der Waals surface area contributed by atoms with Crippen LogP contribution in [0.4, 0.5) is 5.95 Å². The van der Waals surface area contributed by atoms with E-state index in [-0.39, 0.29) is 5.95 Å². The van der Waals surface area contributed by atoms with Crippen molar-refractivity contribution in [2.45, 2.75) is 0 Å². The average Bonchev–Trinajstić information content (AvgIpc) is 2.27. The first-order valence-corrected chi connectivity index (χ1v) is 4.71. The van der Waals surface area contributed by atoms with Gasteiger partial charge in [-0.25, -0.2) is 4.79 Å². The van der Waals surface area contributed by atoms with E-state index in [0.717, 1.165) is 5.56 Å². The molecule has 2 rings (SSSR count). The standard InChI is InChI=1S/C11H10N4O/c12-10-13-9(14-11(16)15-10)7-6-8-4-2-1-3-5-8/h1-7H,(H3,12,13,14,15,16). The van der Waals surface area contributed by atoms with Crippen LogP contribution in [0, 0.1) is 0 Å². The molecule has 0 unspecified atom stereocenters. The van der Waals surface area contributed by atoms with Crippen LogP contribution in [0.25, 0.3) is 12.2 Å². The van der Waals surface area contributed by atoms with Gasteiger partial charge in [0.25, 0.3) is 0 Å². The molecule has 0 amide bonds. The minimum absolute atomic E-state index is 0.0311. The van der Waals surface area contributed by atoms with E-state index in [4.69, 9.17) is 5.73 Å². The van der Waals surface area contributed by atoms with Gasteiger partial charge in [0.2, 0.25) is 5.95 Å². The van der Waals surface area contributed by atoms with Crippen molar-refractivity contribution in [1.82, 2.24) is 15.0 Å². The van der Waals surface area contributed by atoms with Gasteiger partial charge in [-0.2, -0.15) is 9.97 Å². The zero-order chi connectivity index (χ0) is 11.4. The molecule has 3 N–H and O–H groups in total. The van der Waals surface area contributed by atoms with Crippen molar-refractivity contribution in [1.29, 1.82) is 0 Å². The number of aromatic amines is 1. The number of nitrogens with two attached hydrogens (primary N) is 1. The van der Waals surface area contributed by atoms with Gasteiger partial charge in [-0.1, -0.05) is 36.4 Å². The molecular formula is C11H10N4O. The highest BCUT2D eigenvalue weighted by molar-refractivity contribution is 5.66. The maximum atomic E-state index is 11.0. The smallest absolute Gasteiger partial charge is 0.349 e. The lowest BCUT2D eigenvalue weighted by Gasteiger charge is -1.94. The summed E-state index contributed by atoms with van der Waals surface area (Å²) in [7, 11) is 0. The number of nitrogens with zero attached hydrogens (tertiary/aromatic N) is 2. The highest BCUT2D eigenvalue weighted by atomic mass is 16.1. The number of hydrogen-bond donors (Lipinski definition) is 2. The Kier molecular flexibility index (Phi) is 2.77. The van der Waals surface area contributed by atoms with Gasteiger partial charge in [0.05, 0.1) is 0 Å². The lowest BCUT2D eigenvalue weighted by atomic mass is 10.2. The quantitative estimate of drug-likeness (QED) is 0.778. The molecule has 0 fully saturated rings.